The van der Waals surface area contributed by atoms with Crippen LogP contribution in [0.2, 0.25) is 10.0 Å². The van der Waals surface area contributed by atoms with Crippen LogP contribution in [0.4, 0.5) is 26.3 Å². The molecular weight excluding hydrogens is 328 g/mol. The quantitative estimate of drug-likeness (QED) is 0.453. The largest absolute Gasteiger partial charge is 0.417 e. The van der Waals surface area contributed by atoms with Crippen molar-refractivity contribution in [2.75, 3.05) is 0 Å². The summed E-state index contributed by atoms with van der Waals surface area (Å²) in [4.78, 5) is 0. The van der Waals surface area contributed by atoms with E-state index < -0.39 is 45.0 Å². The minimum Gasteiger partial charge on any atom is -0.166 e. The van der Waals surface area contributed by atoms with Crippen molar-refractivity contribution in [3.8, 4) is 0 Å². The molecule has 0 bridgehead atoms. The third kappa shape index (κ3) is 2.97. The number of rotatable bonds is 1. The Morgan fingerprint density at radius 2 is 1.17 bits per heavy atom. The van der Waals surface area contributed by atoms with E-state index in [2.05, 4.69) is 0 Å². The van der Waals surface area contributed by atoms with Crippen LogP contribution in [0.15, 0.2) is 6.07 Å². The van der Waals surface area contributed by atoms with Crippen LogP contribution in [0.1, 0.15) is 16.7 Å². The fraction of sp³-hybridized carbons (Fsp3) is 0.333. The van der Waals surface area contributed by atoms with Crippen molar-refractivity contribution in [1.29, 1.82) is 0 Å². The summed E-state index contributed by atoms with van der Waals surface area (Å²) in [6, 6.07) is -0.124. The fourth-order valence-electron chi connectivity index (χ4n) is 1.22. The van der Waals surface area contributed by atoms with Crippen molar-refractivity contribution < 1.29 is 26.3 Å². The molecular formula is C9H3Cl3F6. The first-order valence-electron chi connectivity index (χ1n) is 4.21. The second-order valence-electron chi connectivity index (χ2n) is 3.21. The minimum absolute atomic E-state index is 0.124. The molecule has 0 aliphatic heterocycles. The van der Waals surface area contributed by atoms with Crippen molar-refractivity contribution in [2.24, 2.45) is 0 Å². The molecule has 0 N–H and O–H groups in total. The lowest BCUT2D eigenvalue weighted by Gasteiger charge is -2.17. The smallest absolute Gasteiger partial charge is 0.166 e. The van der Waals surface area contributed by atoms with E-state index in [1.165, 1.54) is 0 Å². The Kier molecular flexibility index (Phi) is 4.35. The molecule has 1 aromatic rings. The maximum absolute atomic E-state index is 12.5. The molecule has 1 rings (SSSR count). The van der Waals surface area contributed by atoms with Crippen molar-refractivity contribution in [3.63, 3.8) is 0 Å². The van der Waals surface area contributed by atoms with Crippen molar-refractivity contribution in [2.45, 2.75) is 18.2 Å². The molecule has 18 heavy (non-hydrogen) atoms. The summed E-state index contributed by atoms with van der Waals surface area (Å²) in [5.74, 6) is -0.662. The molecule has 0 heterocycles. The number of hydrogen-bond donors (Lipinski definition) is 0. The average molecular weight is 331 g/mol. The van der Waals surface area contributed by atoms with Crippen LogP contribution in [-0.4, -0.2) is 0 Å². The standard InChI is InChI=1S/C9H3Cl3F6/c10-2-3-6(11)4(8(13,14)15)1-5(7(3)12)9(16,17)18/h1H,2H2. The van der Waals surface area contributed by atoms with Gasteiger partial charge in [0.05, 0.1) is 27.1 Å². The second-order valence-corrected chi connectivity index (χ2v) is 4.23. The topological polar surface area (TPSA) is 0 Å². The van der Waals surface area contributed by atoms with Gasteiger partial charge in [-0.1, -0.05) is 23.2 Å². The molecule has 0 saturated carbocycles. The average Bonchev–Trinajstić information content (AvgIpc) is 2.14. The Bertz CT molecular complexity index is 425. The van der Waals surface area contributed by atoms with Gasteiger partial charge < -0.3 is 0 Å². The lowest BCUT2D eigenvalue weighted by atomic mass is 10.1. The predicted molar refractivity (Wildman–Crippen MR) is 56.0 cm³/mol. The van der Waals surface area contributed by atoms with Gasteiger partial charge >= 0.3 is 12.4 Å². The monoisotopic (exact) mass is 330 g/mol. The van der Waals surface area contributed by atoms with Crippen LogP contribution >= 0.6 is 34.8 Å². The van der Waals surface area contributed by atoms with Gasteiger partial charge in [-0.3, -0.25) is 0 Å². The molecule has 0 atom stereocenters. The van der Waals surface area contributed by atoms with Gasteiger partial charge in [-0.25, -0.2) is 0 Å². The van der Waals surface area contributed by atoms with Gasteiger partial charge in [-0.15, -0.1) is 11.6 Å². The van der Waals surface area contributed by atoms with E-state index in [4.69, 9.17) is 34.8 Å². The van der Waals surface area contributed by atoms with Gasteiger partial charge in [0.25, 0.3) is 0 Å². The van der Waals surface area contributed by atoms with E-state index in [-0.39, 0.29) is 6.07 Å². The highest BCUT2D eigenvalue weighted by atomic mass is 35.5. The van der Waals surface area contributed by atoms with E-state index in [9.17, 15) is 26.3 Å². The van der Waals surface area contributed by atoms with E-state index in [0.29, 0.717) is 0 Å². The summed E-state index contributed by atoms with van der Waals surface area (Å²) < 4.78 is 75.2. The van der Waals surface area contributed by atoms with Gasteiger partial charge in [0.1, 0.15) is 0 Å². The maximum Gasteiger partial charge on any atom is 0.417 e. The van der Waals surface area contributed by atoms with Gasteiger partial charge in [0, 0.05) is 5.56 Å². The van der Waals surface area contributed by atoms with Crippen molar-refractivity contribution in [3.05, 3.63) is 32.8 Å². The molecule has 0 fully saturated rings. The first kappa shape index (κ1) is 15.7. The number of halogens is 9. The van der Waals surface area contributed by atoms with Crippen LogP contribution in [0.5, 0.6) is 0 Å². The molecule has 0 nitrogen and oxygen atoms in total. The fourth-order valence-corrected chi connectivity index (χ4v) is 2.32. The molecule has 9 heteroatoms. The Morgan fingerprint density at radius 1 is 0.833 bits per heavy atom. The Labute approximate surface area is 112 Å². The van der Waals surface area contributed by atoms with Crippen molar-refractivity contribution >= 4 is 34.8 Å². The number of alkyl halides is 7. The van der Waals surface area contributed by atoms with Crippen molar-refractivity contribution in [1.82, 2.24) is 0 Å². The van der Waals surface area contributed by atoms with Crippen LogP contribution in [0.3, 0.4) is 0 Å². The first-order chi connectivity index (χ1) is 8.00. The number of benzene rings is 1. The van der Waals surface area contributed by atoms with E-state index in [1.807, 2.05) is 0 Å². The molecule has 0 saturated heterocycles. The SMILES string of the molecule is FC(F)(F)c1cc(C(F)(F)F)c(Cl)c(CCl)c1Cl. The Hall–Kier alpha value is -0.330. The summed E-state index contributed by atoms with van der Waals surface area (Å²) in [5.41, 5.74) is -3.82. The lowest BCUT2D eigenvalue weighted by molar-refractivity contribution is -0.143. The Balaban J connectivity index is 3.68. The summed E-state index contributed by atoms with van der Waals surface area (Å²) in [5, 5.41) is -1.84. The molecule has 0 radical (unpaired) electrons. The van der Waals surface area contributed by atoms with Crippen LogP contribution in [0, 0.1) is 0 Å². The lowest BCUT2D eigenvalue weighted by Crippen LogP contribution is -2.13. The van der Waals surface area contributed by atoms with Gasteiger partial charge in [-0.2, -0.15) is 26.3 Å². The highest BCUT2D eigenvalue weighted by Gasteiger charge is 2.41. The molecule has 0 aromatic heterocycles. The van der Waals surface area contributed by atoms with Crippen LogP contribution in [0.25, 0.3) is 0 Å². The third-order valence-electron chi connectivity index (χ3n) is 2.04. The number of hydrogen-bond acceptors (Lipinski definition) is 0. The summed E-state index contributed by atoms with van der Waals surface area (Å²) >= 11 is 16.0. The summed E-state index contributed by atoms with van der Waals surface area (Å²) in [6.07, 6.45) is -10.1. The Morgan fingerprint density at radius 3 is 1.39 bits per heavy atom. The predicted octanol–water partition coefficient (Wildman–Crippen LogP) is 5.77. The maximum atomic E-state index is 12.5. The zero-order valence-electron chi connectivity index (χ0n) is 8.19. The molecule has 0 aliphatic carbocycles. The van der Waals surface area contributed by atoms with E-state index >= 15 is 0 Å². The molecule has 0 unspecified atom stereocenters. The molecule has 1 aromatic carbocycles. The highest BCUT2D eigenvalue weighted by molar-refractivity contribution is 6.38. The highest BCUT2D eigenvalue weighted by Crippen LogP contribution is 2.45. The van der Waals surface area contributed by atoms with Gasteiger partial charge in [-0.05, 0) is 6.07 Å². The van der Waals surface area contributed by atoms with Gasteiger partial charge in [0.15, 0.2) is 0 Å². The molecule has 102 valence electrons. The second kappa shape index (κ2) is 4.98. The normalized spacial score (nSPS) is 12.9. The summed E-state index contributed by atoms with van der Waals surface area (Å²) in [7, 11) is 0. The van der Waals surface area contributed by atoms with E-state index in [0.717, 1.165) is 0 Å². The molecule has 0 amide bonds. The van der Waals surface area contributed by atoms with Crippen LogP contribution < -0.4 is 0 Å². The van der Waals surface area contributed by atoms with Crippen LogP contribution in [-0.2, 0) is 18.2 Å². The zero-order chi connectivity index (χ0) is 14.3. The first-order valence-corrected chi connectivity index (χ1v) is 5.50. The molecule has 0 aliphatic rings. The molecule has 0 spiro atoms. The van der Waals surface area contributed by atoms with E-state index in [1.54, 1.807) is 0 Å². The third-order valence-corrected chi connectivity index (χ3v) is 3.17. The summed E-state index contributed by atoms with van der Waals surface area (Å²) in [6.45, 7) is 0. The zero-order valence-corrected chi connectivity index (χ0v) is 10.5. The minimum atomic E-state index is -5.03. The van der Waals surface area contributed by atoms with Gasteiger partial charge in [0.2, 0.25) is 0 Å².